The second-order valence-electron chi connectivity index (χ2n) is 4.69. The highest BCUT2D eigenvalue weighted by Gasteiger charge is 2.28. The predicted molar refractivity (Wildman–Crippen MR) is 78.1 cm³/mol. The van der Waals surface area contributed by atoms with Crippen molar-refractivity contribution < 1.29 is 14.7 Å². The second kappa shape index (κ2) is 5.68. The molecule has 2 rings (SSSR count). The lowest BCUT2D eigenvalue weighted by Crippen LogP contribution is -2.36. The minimum Gasteiger partial charge on any atom is -0.397 e. The Balaban J connectivity index is 2.41. The fourth-order valence-electron chi connectivity index (χ4n) is 2.24. The molecule has 0 atom stereocenters. The fraction of sp³-hybridized carbons (Fsp3) is 0.500. The molecule has 0 spiro atoms. The summed E-state index contributed by atoms with van der Waals surface area (Å²) in [6, 6.07) is 0. The van der Waals surface area contributed by atoms with Gasteiger partial charge < -0.3 is 26.8 Å². The third-order valence-corrected chi connectivity index (χ3v) is 4.62. The largest absolute Gasteiger partial charge is 0.397 e. The summed E-state index contributed by atoms with van der Waals surface area (Å²) in [6.45, 7) is 1.21. The summed E-state index contributed by atoms with van der Waals surface area (Å²) in [7, 11) is 1.50. The van der Waals surface area contributed by atoms with Crippen LogP contribution in [0.3, 0.4) is 0 Å². The Bertz CT molecular complexity index is 535. The second-order valence-corrected chi connectivity index (χ2v) is 5.69. The summed E-state index contributed by atoms with van der Waals surface area (Å²) >= 11 is 1.16. The number of hydrogen-bond acceptors (Lipinski definition) is 6. The highest BCUT2D eigenvalue weighted by atomic mass is 32.1. The quantitative estimate of drug-likeness (QED) is 0.613. The summed E-state index contributed by atoms with van der Waals surface area (Å²) in [5.74, 6) is -0.978. The number of aliphatic hydroxyl groups is 1. The number of primary amides is 1. The SMILES string of the molecule is CNC(=O)c1sc(N2CCC(O)CC2)c(C(N)=O)c1N. The van der Waals surface area contributed by atoms with Gasteiger partial charge in [0.25, 0.3) is 11.8 Å². The molecule has 1 saturated heterocycles. The first-order valence-corrected chi connectivity index (χ1v) is 7.14. The monoisotopic (exact) mass is 298 g/mol. The summed E-state index contributed by atoms with van der Waals surface area (Å²) in [5, 5.41) is 12.6. The Labute approximate surface area is 120 Å². The molecule has 1 fully saturated rings. The van der Waals surface area contributed by atoms with Gasteiger partial charge in [0.15, 0.2) is 0 Å². The average molecular weight is 298 g/mol. The number of anilines is 2. The molecule has 0 saturated carbocycles. The van der Waals surface area contributed by atoms with Crippen molar-refractivity contribution >= 4 is 33.8 Å². The molecule has 0 unspecified atom stereocenters. The number of hydrogen-bond donors (Lipinski definition) is 4. The van der Waals surface area contributed by atoms with E-state index < -0.39 is 5.91 Å². The smallest absolute Gasteiger partial charge is 0.263 e. The van der Waals surface area contributed by atoms with E-state index in [0.717, 1.165) is 11.3 Å². The van der Waals surface area contributed by atoms with Crippen LogP contribution in [0.5, 0.6) is 0 Å². The van der Waals surface area contributed by atoms with Gasteiger partial charge in [0, 0.05) is 20.1 Å². The number of carbonyl (C=O) groups is 2. The van der Waals surface area contributed by atoms with E-state index in [-0.39, 0.29) is 23.3 Å². The molecule has 2 amide bonds. The Morgan fingerprint density at radius 3 is 2.50 bits per heavy atom. The van der Waals surface area contributed by atoms with Gasteiger partial charge in [0.05, 0.1) is 17.4 Å². The van der Waals surface area contributed by atoms with Gasteiger partial charge in [-0.15, -0.1) is 11.3 Å². The van der Waals surface area contributed by atoms with Crippen LogP contribution in [0.15, 0.2) is 0 Å². The first kappa shape index (κ1) is 14.6. The molecule has 1 aliphatic heterocycles. The van der Waals surface area contributed by atoms with E-state index >= 15 is 0 Å². The van der Waals surface area contributed by atoms with Gasteiger partial charge in [0.1, 0.15) is 9.88 Å². The molecule has 0 aliphatic carbocycles. The number of nitrogens with two attached hydrogens (primary N) is 2. The number of aliphatic hydroxyl groups excluding tert-OH is 1. The molecule has 0 bridgehead atoms. The number of nitrogens with one attached hydrogen (secondary N) is 1. The highest BCUT2D eigenvalue weighted by Crippen LogP contribution is 2.39. The lowest BCUT2D eigenvalue weighted by molar-refractivity contribution is 0.0967. The van der Waals surface area contributed by atoms with E-state index in [9.17, 15) is 14.7 Å². The maximum Gasteiger partial charge on any atom is 0.263 e. The average Bonchev–Trinajstić information content (AvgIpc) is 2.76. The molecule has 110 valence electrons. The van der Waals surface area contributed by atoms with Gasteiger partial charge in [-0.05, 0) is 12.8 Å². The zero-order valence-electron chi connectivity index (χ0n) is 11.2. The Kier molecular flexibility index (Phi) is 4.15. The highest BCUT2D eigenvalue weighted by molar-refractivity contribution is 7.19. The van der Waals surface area contributed by atoms with E-state index in [2.05, 4.69) is 5.32 Å². The summed E-state index contributed by atoms with van der Waals surface area (Å²) in [5.41, 5.74) is 11.6. The van der Waals surface area contributed by atoms with E-state index in [1.165, 1.54) is 7.05 Å². The van der Waals surface area contributed by atoms with Crippen molar-refractivity contribution in [2.75, 3.05) is 30.8 Å². The van der Waals surface area contributed by atoms with Gasteiger partial charge in [-0.2, -0.15) is 0 Å². The number of nitrogen functional groups attached to an aromatic ring is 1. The van der Waals surface area contributed by atoms with Crippen molar-refractivity contribution in [1.82, 2.24) is 5.32 Å². The summed E-state index contributed by atoms with van der Waals surface area (Å²) in [4.78, 5) is 25.6. The molecule has 1 aromatic heterocycles. The van der Waals surface area contributed by atoms with Crippen molar-refractivity contribution in [1.29, 1.82) is 0 Å². The van der Waals surface area contributed by atoms with Crippen molar-refractivity contribution in [3.8, 4) is 0 Å². The first-order valence-electron chi connectivity index (χ1n) is 6.32. The number of nitrogens with zero attached hydrogens (tertiary/aromatic N) is 1. The lowest BCUT2D eigenvalue weighted by atomic mass is 10.1. The maximum atomic E-state index is 11.8. The third-order valence-electron chi connectivity index (χ3n) is 3.36. The third kappa shape index (κ3) is 2.56. The van der Waals surface area contributed by atoms with Crippen LogP contribution in [-0.2, 0) is 0 Å². The summed E-state index contributed by atoms with van der Waals surface area (Å²) in [6.07, 6.45) is 0.912. The molecular formula is C12H18N4O3S. The zero-order chi connectivity index (χ0) is 14.9. The van der Waals surface area contributed by atoms with E-state index in [1.54, 1.807) is 0 Å². The summed E-state index contributed by atoms with van der Waals surface area (Å²) < 4.78 is 0. The van der Waals surface area contributed by atoms with E-state index in [1.807, 2.05) is 4.90 Å². The van der Waals surface area contributed by atoms with Crippen molar-refractivity contribution in [3.63, 3.8) is 0 Å². The van der Waals surface area contributed by atoms with Gasteiger partial charge >= 0.3 is 0 Å². The van der Waals surface area contributed by atoms with E-state index in [4.69, 9.17) is 11.5 Å². The Morgan fingerprint density at radius 1 is 1.40 bits per heavy atom. The molecule has 1 aromatic rings. The molecule has 7 nitrogen and oxygen atoms in total. The van der Waals surface area contributed by atoms with Gasteiger partial charge in [0.2, 0.25) is 0 Å². The van der Waals surface area contributed by atoms with Crippen LogP contribution in [0.4, 0.5) is 10.7 Å². The van der Waals surface area contributed by atoms with Crippen molar-refractivity contribution in [2.45, 2.75) is 18.9 Å². The normalized spacial score (nSPS) is 16.2. The molecule has 1 aliphatic rings. The van der Waals surface area contributed by atoms with Crippen LogP contribution in [0, 0.1) is 0 Å². The first-order chi connectivity index (χ1) is 9.45. The Morgan fingerprint density at radius 2 is 2.00 bits per heavy atom. The van der Waals surface area contributed by atoms with Crippen LogP contribution in [-0.4, -0.2) is 43.2 Å². The number of rotatable bonds is 3. The van der Waals surface area contributed by atoms with Crippen LogP contribution < -0.4 is 21.7 Å². The molecule has 8 heteroatoms. The van der Waals surface area contributed by atoms with Gasteiger partial charge in [-0.3, -0.25) is 9.59 Å². The number of thiophene rings is 1. The zero-order valence-corrected chi connectivity index (χ0v) is 12.0. The minimum atomic E-state index is -0.643. The molecule has 20 heavy (non-hydrogen) atoms. The number of piperidine rings is 1. The van der Waals surface area contributed by atoms with Crippen LogP contribution in [0.25, 0.3) is 0 Å². The van der Waals surface area contributed by atoms with E-state index in [0.29, 0.717) is 35.8 Å². The molecule has 2 heterocycles. The fourth-order valence-corrected chi connectivity index (χ4v) is 3.47. The Hall–Kier alpha value is -1.80. The molecule has 0 aromatic carbocycles. The molecule has 6 N–H and O–H groups in total. The van der Waals surface area contributed by atoms with Crippen molar-refractivity contribution in [3.05, 3.63) is 10.4 Å². The lowest BCUT2D eigenvalue weighted by Gasteiger charge is -2.30. The van der Waals surface area contributed by atoms with Crippen LogP contribution in [0.2, 0.25) is 0 Å². The number of amides is 2. The topological polar surface area (TPSA) is 122 Å². The van der Waals surface area contributed by atoms with Crippen molar-refractivity contribution in [2.24, 2.45) is 5.73 Å². The standard InChI is InChI=1S/C12H18N4O3S/c1-15-11(19)9-8(13)7(10(14)18)12(20-9)16-4-2-6(17)3-5-16/h6,17H,2-5,13H2,1H3,(H2,14,18)(H,15,19). The predicted octanol–water partition coefficient (Wildman–Crippen LogP) is -0.250. The van der Waals surface area contributed by atoms with Crippen LogP contribution >= 0.6 is 11.3 Å². The number of carbonyl (C=O) groups excluding carboxylic acids is 2. The molecule has 0 radical (unpaired) electrons. The van der Waals surface area contributed by atoms with Crippen LogP contribution in [0.1, 0.15) is 32.9 Å². The van der Waals surface area contributed by atoms with Gasteiger partial charge in [-0.1, -0.05) is 0 Å². The molecular weight excluding hydrogens is 280 g/mol. The minimum absolute atomic E-state index is 0.128. The van der Waals surface area contributed by atoms with Gasteiger partial charge in [-0.25, -0.2) is 0 Å². The maximum absolute atomic E-state index is 11.8.